The van der Waals surface area contributed by atoms with Gasteiger partial charge in [0.1, 0.15) is 0 Å². The molecule has 0 spiro atoms. The number of benzene rings is 1. The third-order valence-electron chi connectivity index (χ3n) is 3.46. The lowest BCUT2D eigenvalue weighted by molar-refractivity contribution is 0.633. The number of rotatable bonds is 2. The third kappa shape index (κ3) is 2.43. The Hall–Kier alpha value is -1.68. The highest BCUT2D eigenvalue weighted by molar-refractivity contribution is 5.90. The van der Waals surface area contributed by atoms with Crippen molar-refractivity contribution in [2.24, 2.45) is 0 Å². The standard InChI is InChI=1S/C14H18N4/c1-2-7-13-11(5-1)9-16-18-14(13)17-12-6-3-4-8-15-10-12/h1-2,5,7,9,12,15H,3-4,6,8,10H2,(H,17,18). The van der Waals surface area contributed by atoms with Gasteiger partial charge in [-0.05, 0) is 19.4 Å². The largest absolute Gasteiger partial charge is 0.364 e. The summed E-state index contributed by atoms with van der Waals surface area (Å²) in [6.45, 7) is 2.13. The second kappa shape index (κ2) is 5.31. The highest BCUT2D eigenvalue weighted by Gasteiger charge is 2.13. The second-order valence-electron chi connectivity index (χ2n) is 4.82. The average Bonchev–Trinajstić information content (AvgIpc) is 2.68. The molecule has 0 bridgehead atoms. The molecule has 4 heteroatoms. The van der Waals surface area contributed by atoms with Gasteiger partial charge >= 0.3 is 0 Å². The van der Waals surface area contributed by atoms with Crippen LogP contribution in [0.5, 0.6) is 0 Å². The minimum atomic E-state index is 0.451. The smallest absolute Gasteiger partial charge is 0.156 e. The molecular formula is C14H18N4. The Labute approximate surface area is 107 Å². The molecule has 1 aromatic heterocycles. The van der Waals surface area contributed by atoms with E-state index >= 15 is 0 Å². The summed E-state index contributed by atoms with van der Waals surface area (Å²) < 4.78 is 0. The molecule has 1 aliphatic heterocycles. The third-order valence-corrected chi connectivity index (χ3v) is 3.46. The molecule has 2 N–H and O–H groups in total. The molecule has 1 saturated heterocycles. The molecule has 18 heavy (non-hydrogen) atoms. The van der Waals surface area contributed by atoms with E-state index in [0.29, 0.717) is 6.04 Å². The van der Waals surface area contributed by atoms with Crippen molar-refractivity contribution in [1.29, 1.82) is 0 Å². The van der Waals surface area contributed by atoms with E-state index in [2.05, 4.69) is 33.0 Å². The van der Waals surface area contributed by atoms with E-state index in [1.54, 1.807) is 0 Å². The number of nitrogens with one attached hydrogen (secondary N) is 2. The van der Waals surface area contributed by atoms with Gasteiger partial charge in [-0.25, -0.2) is 0 Å². The quantitative estimate of drug-likeness (QED) is 0.847. The molecule has 0 amide bonds. The van der Waals surface area contributed by atoms with E-state index in [1.165, 1.54) is 19.3 Å². The molecule has 1 aromatic carbocycles. The van der Waals surface area contributed by atoms with Crippen LogP contribution < -0.4 is 10.6 Å². The number of fused-ring (bicyclic) bond motifs is 1. The Bertz CT molecular complexity index is 513. The molecule has 1 unspecified atom stereocenters. The van der Waals surface area contributed by atoms with Crippen LogP contribution in [-0.4, -0.2) is 29.3 Å². The van der Waals surface area contributed by atoms with Crippen LogP contribution in [0.15, 0.2) is 30.5 Å². The molecule has 0 aliphatic carbocycles. The molecule has 1 fully saturated rings. The Morgan fingerprint density at radius 2 is 2.17 bits per heavy atom. The summed E-state index contributed by atoms with van der Waals surface area (Å²) in [6, 6.07) is 8.69. The summed E-state index contributed by atoms with van der Waals surface area (Å²) in [6.07, 6.45) is 5.53. The van der Waals surface area contributed by atoms with Crippen LogP contribution in [0.2, 0.25) is 0 Å². The van der Waals surface area contributed by atoms with Gasteiger partial charge in [-0.2, -0.15) is 5.10 Å². The lowest BCUT2D eigenvalue weighted by Crippen LogP contribution is -2.31. The van der Waals surface area contributed by atoms with Gasteiger partial charge < -0.3 is 10.6 Å². The van der Waals surface area contributed by atoms with E-state index in [4.69, 9.17) is 0 Å². The molecule has 2 aromatic rings. The van der Waals surface area contributed by atoms with Crippen LogP contribution in [0.4, 0.5) is 5.82 Å². The molecule has 1 aliphatic rings. The summed E-state index contributed by atoms with van der Waals surface area (Å²) in [5, 5.41) is 17.6. The van der Waals surface area contributed by atoms with Gasteiger partial charge in [0.25, 0.3) is 0 Å². The lowest BCUT2D eigenvalue weighted by atomic mass is 10.1. The second-order valence-corrected chi connectivity index (χ2v) is 4.82. The molecule has 4 nitrogen and oxygen atoms in total. The lowest BCUT2D eigenvalue weighted by Gasteiger charge is -2.17. The summed E-state index contributed by atoms with van der Waals surface area (Å²) in [5.74, 6) is 0.904. The van der Waals surface area contributed by atoms with Gasteiger partial charge in [0.15, 0.2) is 5.82 Å². The topological polar surface area (TPSA) is 49.8 Å². The van der Waals surface area contributed by atoms with Crippen LogP contribution in [0.25, 0.3) is 10.8 Å². The van der Waals surface area contributed by atoms with Crippen molar-refractivity contribution in [3.05, 3.63) is 30.5 Å². The molecule has 2 heterocycles. The number of nitrogens with zero attached hydrogens (tertiary/aromatic N) is 2. The van der Waals surface area contributed by atoms with E-state index in [0.717, 1.165) is 29.7 Å². The zero-order chi connectivity index (χ0) is 12.2. The van der Waals surface area contributed by atoms with Crippen LogP contribution in [0.1, 0.15) is 19.3 Å². The van der Waals surface area contributed by atoms with Gasteiger partial charge in [0.05, 0.1) is 6.20 Å². The minimum absolute atomic E-state index is 0.451. The van der Waals surface area contributed by atoms with Crippen molar-refractivity contribution in [3.8, 4) is 0 Å². The number of aromatic nitrogens is 2. The average molecular weight is 242 g/mol. The Balaban J connectivity index is 1.85. The predicted octanol–water partition coefficient (Wildman–Crippen LogP) is 2.18. The summed E-state index contributed by atoms with van der Waals surface area (Å²) in [4.78, 5) is 0. The van der Waals surface area contributed by atoms with Gasteiger partial charge in [-0.15, -0.1) is 5.10 Å². The van der Waals surface area contributed by atoms with Crippen LogP contribution in [0.3, 0.4) is 0 Å². The van der Waals surface area contributed by atoms with Crippen molar-refractivity contribution in [1.82, 2.24) is 15.5 Å². The van der Waals surface area contributed by atoms with E-state index in [9.17, 15) is 0 Å². The van der Waals surface area contributed by atoms with E-state index in [-0.39, 0.29) is 0 Å². The van der Waals surface area contributed by atoms with Crippen molar-refractivity contribution in [3.63, 3.8) is 0 Å². The van der Waals surface area contributed by atoms with Crippen molar-refractivity contribution in [2.75, 3.05) is 18.4 Å². The Morgan fingerprint density at radius 3 is 3.17 bits per heavy atom. The zero-order valence-corrected chi connectivity index (χ0v) is 10.4. The molecule has 3 rings (SSSR count). The van der Waals surface area contributed by atoms with Gasteiger partial charge in [-0.1, -0.05) is 30.7 Å². The summed E-state index contributed by atoms with van der Waals surface area (Å²) in [7, 11) is 0. The number of anilines is 1. The fraction of sp³-hybridized carbons (Fsp3) is 0.429. The maximum atomic E-state index is 4.24. The van der Waals surface area contributed by atoms with Crippen LogP contribution >= 0.6 is 0 Å². The predicted molar refractivity (Wildman–Crippen MR) is 73.7 cm³/mol. The first-order chi connectivity index (χ1) is 8.93. The molecule has 0 saturated carbocycles. The molecule has 94 valence electrons. The van der Waals surface area contributed by atoms with Crippen molar-refractivity contribution in [2.45, 2.75) is 25.3 Å². The van der Waals surface area contributed by atoms with Crippen molar-refractivity contribution < 1.29 is 0 Å². The SMILES string of the molecule is c1ccc2c(NC3CCCCNC3)nncc2c1. The van der Waals surface area contributed by atoms with Gasteiger partial charge in [0, 0.05) is 23.4 Å². The maximum absolute atomic E-state index is 4.24. The number of hydrogen-bond donors (Lipinski definition) is 2. The first kappa shape index (κ1) is 11.4. The Morgan fingerprint density at radius 1 is 1.22 bits per heavy atom. The number of hydrogen-bond acceptors (Lipinski definition) is 4. The van der Waals surface area contributed by atoms with Crippen LogP contribution in [-0.2, 0) is 0 Å². The van der Waals surface area contributed by atoms with Gasteiger partial charge in [0.2, 0.25) is 0 Å². The molecule has 0 radical (unpaired) electrons. The minimum Gasteiger partial charge on any atom is -0.364 e. The summed E-state index contributed by atoms with van der Waals surface area (Å²) >= 11 is 0. The fourth-order valence-corrected chi connectivity index (χ4v) is 2.47. The highest BCUT2D eigenvalue weighted by Crippen LogP contribution is 2.21. The molecule has 1 atom stereocenters. The van der Waals surface area contributed by atoms with E-state index < -0.39 is 0 Å². The zero-order valence-electron chi connectivity index (χ0n) is 10.4. The van der Waals surface area contributed by atoms with E-state index in [1.807, 2.05) is 18.3 Å². The monoisotopic (exact) mass is 242 g/mol. The Kier molecular flexibility index (Phi) is 3.37. The highest BCUT2D eigenvalue weighted by atomic mass is 15.2. The fourth-order valence-electron chi connectivity index (χ4n) is 2.47. The van der Waals surface area contributed by atoms with Gasteiger partial charge in [-0.3, -0.25) is 0 Å². The first-order valence-electron chi connectivity index (χ1n) is 6.61. The van der Waals surface area contributed by atoms with Crippen LogP contribution in [0, 0.1) is 0 Å². The first-order valence-corrected chi connectivity index (χ1v) is 6.61. The maximum Gasteiger partial charge on any atom is 0.156 e. The summed E-state index contributed by atoms with van der Waals surface area (Å²) in [5.41, 5.74) is 0. The van der Waals surface area contributed by atoms with Crippen molar-refractivity contribution >= 4 is 16.6 Å². The normalized spacial score (nSPS) is 20.6. The molecular weight excluding hydrogens is 224 g/mol.